The number of aryl methyl sites for hydroxylation is 2. The van der Waals surface area contributed by atoms with Gasteiger partial charge in [-0.15, -0.1) is 0 Å². The van der Waals surface area contributed by atoms with Crippen LogP contribution < -0.4 is 4.72 Å². The SMILES string of the molecule is Cc1ccc(S(=O)(=O)Nc2cccc3c4c(n(-c5ncccn5)c23)CCCC4)cc1. The highest BCUT2D eigenvalue weighted by molar-refractivity contribution is 7.92. The molecule has 0 unspecified atom stereocenters. The second kappa shape index (κ2) is 7.25. The lowest BCUT2D eigenvalue weighted by atomic mass is 9.95. The van der Waals surface area contributed by atoms with E-state index in [1.807, 2.05) is 17.6 Å². The zero-order valence-corrected chi connectivity index (χ0v) is 17.5. The Labute approximate surface area is 175 Å². The van der Waals surface area contributed by atoms with Crippen molar-refractivity contribution in [3.63, 3.8) is 0 Å². The van der Waals surface area contributed by atoms with E-state index < -0.39 is 10.0 Å². The van der Waals surface area contributed by atoms with Crippen LogP contribution in [0.25, 0.3) is 16.9 Å². The van der Waals surface area contributed by atoms with Gasteiger partial charge in [-0.1, -0.05) is 29.8 Å². The van der Waals surface area contributed by atoms with E-state index in [0.29, 0.717) is 11.6 Å². The highest BCUT2D eigenvalue weighted by Gasteiger charge is 2.25. The van der Waals surface area contributed by atoms with Crippen molar-refractivity contribution >= 4 is 26.6 Å². The second-order valence-electron chi connectivity index (χ2n) is 7.64. The maximum atomic E-state index is 13.1. The van der Waals surface area contributed by atoms with Gasteiger partial charge in [-0.3, -0.25) is 9.29 Å². The lowest BCUT2D eigenvalue weighted by Gasteiger charge is -2.15. The molecule has 152 valence electrons. The Balaban J connectivity index is 1.72. The van der Waals surface area contributed by atoms with Crippen LogP contribution in [0.15, 0.2) is 65.8 Å². The molecule has 4 aromatic rings. The van der Waals surface area contributed by atoms with Gasteiger partial charge in [0.2, 0.25) is 5.95 Å². The van der Waals surface area contributed by atoms with Crippen LogP contribution in [0.3, 0.4) is 0 Å². The summed E-state index contributed by atoms with van der Waals surface area (Å²) >= 11 is 0. The van der Waals surface area contributed by atoms with E-state index in [0.717, 1.165) is 42.1 Å². The first-order valence-corrected chi connectivity index (χ1v) is 11.5. The van der Waals surface area contributed by atoms with Gasteiger partial charge in [-0.05, 0) is 62.4 Å². The van der Waals surface area contributed by atoms with Gasteiger partial charge in [0.15, 0.2) is 0 Å². The Kier molecular flexibility index (Phi) is 4.55. The lowest BCUT2D eigenvalue weighted by Crippen LogP contribution is -2.14. The molecule has 0 aliphatic heterocycles. The van der Waals surface area contributed by atoms with Crippen LogP contribution in [-0.2, 0) is 22.9 Å². The van der Waals surface area contributed by atoms with Crippen LogP contribution in [0.4, 0.5) is 5.69 Å². The summed E-state index contributed by atoms with van der Waals surface area (Å²) in [5, 5.41) is 1.06. The Morgan fingerprint density at radius 1 is 0.933 bits per heavy atom. The fraction of sp³-hybridized carbons (Fsp3) is 0.217. The molecule has 1 aliphatic carbocycles. The normalized spacial score (nSPS) is 13.9. The Bertz CT molecular complexity index is 1330. The summed E-state index contributed by atoms with van der Waals surface area (Å²) in [4.78, 5) is 9.16. The van der Waals surface area contributed by atoms with Crippen LogP contribution in [0.5, 0.6) is 0 Å². The molecule has 6 nitrogen and oxygen atoms in total. The third-order valence-electron chi connectivity index (χ3n) is 5.62. The van der Waals surface area contributed by atoms with Gasteiger partial charge in [0, 0.05) is 23.5 Å². The van der Waals surface area contributed by atoms with E-state index in [1.54, 1.807) is 48.8 Å². The Hall–Kier alpha value is -3.19. The lowest BCUT2D eigenvalue weighted by molar-refractivity contribution is 0.601. The molecule has 0 fully saturated rings. The molecular formula is C23H22N4O2S. The minimum atomic E-state index is -3.73. The third kappa shape index (κ3) is 3.15. The topological polar surface area (TPSA) is 76.9 Å². The van der Waals surface area contributed by atoms with E-state index in [9.17, 15) is 8.42 Å². The van der Waals surface area contributed by atoms with Gasteiger partial charge >= 0.3 is 0 Å². The number of fused-ring (bicyclic) bond motifs is 3. The van der Waals surface area contributed by atoms with Crippen LogP contribution in [-0.4, -0.2) is 23.0 Å². The number of para-hydroxylation sites is 1. The summed E-state index contributed by atoms with van der Waals surface area (Å²) in [5.74, 6) is 0.563. The van der Waals surface area contributed by atoms with Crippen molar-refractivity contribution in [2.45, 2.75) is 37.5 Å². The molecule has 2 aromatic carbocycles. The van der Waals surface area contributed by atoms with E-state index >= 15 is 0 Å². The summed E-state index contributed by atoms with van der Waals surface area (Å²) in [6, 6.07) is 14.4. The van der Waals surface area contributed by atoms with Crippen molar-refractivity contribution in [1.82, 2.24) is 14.5 Å². The smallest absolute Gasteiger partial charge is 0.261 e. The molecule has 0 spiro atoms. The van der Waals surface area contributed by atoms with Gasteiger partial charge in [-0.2, -0.15) is 0 Å². The Morgan fingerprint density at radius 2 is 1.67 bits per heavy atom. The molecule has 30 heavy (non-hydrogen) atoms. The van der Waals surface area contributed by atoms with Crippen LogP contribution in [0.1, 0.15) is 29.7 Å². The van der Waals surface area contributed by atoms with E-state index in [-0.39, 0.29) is 4.90 Å². The van der Waals surface area contributed by atoms with Gasteiger partial charge in [0.25, 0.3) is 10.0 Å². The number of nitrogens with one attached hydrogen (secondary N) is 1. The number of aromatic nitrogens is 3. The molecule has 2 heterocycles. The molecule has 0 bridgehead atoms. The zero-order chi connectivity index (χ0) is 20.7. The first-order valence-electron chi connectivity index (χ1n) is 10.1. The minimum absolute atomic E-state index is 0.240. The molecule has 0 radical (unpaired) electrons. The Morgan fingerprint density at radius 3 is 2.43 bits per heavy atom. The molecule has 5 rings (SSSR count). The number of benzene rings is 2. The summed E-state index contributed by atoms with van der Waals surface area (Å²) in [5.41, 5.74) is 4.80. The number of anilines is 1. The minimum Gasteiger partial charge on any atom is -0.280 e. The van der Waals surface area contributed by atoms with Crippen molar-refractivity contribution in [2.75, 3.05) is 4.72 Å². The number of hydrogen-bond acceptors (Lipinski definition) is 4. The van der Waals surface area contributed by atoms with E-state index in [4.69, 9.17) is 0 Å². The van der Waals surface area contributed by atoms with E-state index in [2.05, 4.69) is 20.8 Å². The molecule has 2 aromatic heterocycles. The van der Waals surface area contributed by atoms with Crippen LogP contribution in [0, 0.1) is 6.92 Å². The van der Waals surface area contributed by atoms with Crippen molar-refractivity contribution in [3.05, 3.63) is 77.7 Å². The van der Waals surface area contributed by atoms with Crippen LogP contribution in [0.2, 0.25) is 0 Å². The zero-order valence-electron chi connectivity index (χ0n) is 16.7. The number of nitrogens with zero attached hydrogens (tertiary/aromatic N) is 3. The van der Waals surface area contributed by atoms with Crippen LogP contribution >= 0.6 is 0 Å². The maximum Gasteiger partial charge on any atom is 0.261 e. The molecule has 0 saturated heterocycles. The quantitative estimate of drug-likeness (QED) is 0.533. The average Bonchev–Trinajstić information content (AvgIpc) is 3.10. The predicted molar refractivity (Wildman–Crippen MR) is 117 cm³/mol. The first kappa shape index (κ1) is 18.8. The second-order valence-corrected chi connectivity index (χ2v) is 9.32. The van der Waals surface area contributed by atoms with Gasteiger partial charge < -0.3 is 0 Å². The van der Waals surface area contributed by atoms with Crippen molar-refractivity contribution in [2.24, 2.45) is 0 Å². The summed E-state index contributed by atoms with van der Waals surface area (Å²) in [6.45, 7) is 1.93. The number of rotatable bonds is 4. The summed E-state index contributed by atoms with van der Waals surface area (Å²) in [6.07, 6.45) is 7.54. The van der Waals surface area contributed by atoms with Gasteiger partial charge in [-0.25, -0.2) is 18.4 Å². The molecule has 0 amide bonds. The fourth-order valence-corrected chi connectivity index (χ4v) is 5.29. The fourth-order valence-electron chi connectivity index (χ4n) is 4.22. The monoisotopic (exact) mass is 418 g/mol. The molecular weight excluding hydrogens is 396 g/mol. The number of hydrogen-bond donors (Lipinski definition) is 1. The maximum absolute atomic E-state index is 13.1. The van der Waals surface area contributed by atoms with Crippen molar-refractivity contribution < 1.29 is 8.42 Å². The molecule has 1 aliphatic rings. The van der Waals surface area contributed by atoms with Gasteiger partial charge in [0.05, 0.1) is 16.1 Å². The average molecular weight is 419 g/mol. The molecule has 0 atom stereocenters. The third-order valence-corrected chi connectivity index (χ3v) is 7.00. The highest BCUT2D eigenvalue weighted by atomic mass is 32.2. The van der Waals surface area contributed by atoms with E-state index in [1.165, 1.54) is 11.3 Å². The molecule has 0 saturated carbocycles. The summed E-state index contributed by atoms with van der Waals surface area (Å²) < 4.78 is 31.0. The highest BCUT2D eigenvalue weighted by Crippen LogP contribution is 2.37. The van der Waals surface area contributed by atoms with Crippen molar-refractivity contribution in [3.8, 4) is 5.95 Å². The standard InChI is InChI=1S/C23H22N4O2S/c1-16-10-12-17(13-11-16)30(28,29)26-20-8-4-7-19-18-6-2-3-9-21(18)27(22(19)20)23-24-14-5-15-25-23/h4-5,7-8,10-15,26H,2-3,6,9H2,1H3. The van der Waals surface area contributed by atoms with Gasteiger partial charge in [0.1, 0.15) is 0 Å². The van der Waals surface area contributed by atoms with Crippen molar-refractivity contribution in [1.29, 1.82) is 0 Å². The number of sulfonamides is 1. The summed E-state index contributed by atoms with van der Waals surface area (Å²) in [7, 11) is -3.73. The predicted octanol–water partition coefficient (Wildman–Crippen LogP) is 4.41. The largest absolute Gasteiger partial charge is 0.280 e. The molecule has 1 N–H and O–H groups in total. The first-order chi connectivity index (χ1) is 14.5. The molecule has 7 heteroatoms.